The third-order valence-corrected chi connectivity index (χ3v) is 4.33. The Balaban J connectivity index is 2.02. The van der Waals surface area contributed by atoms with Crippen molar-refractivity contribution < 1.29 is 40.1 Å². The second-order valence-corrected chi connectivity index (χ2v) is 6.62. The molecule has 0 fully saturated rings. The fraction of sp³-hybridized carbons (Fsp3) is 0.143. The van der Waals surface area contributed by atoms with Crippen molar-refractivity contribution in [2.75, 3.05) is 0 Å². The van der Waals surface area contributed by atoms with Gasteiger partial charge in [0.2, 0.25) is 0 Å². The molecule has 3 aromatic rings. The molecule has 0 saturated heterocycles. The van der Waals surface area contributed by atoms with Gasteiger partial charge in [-0.25, -0.2) is 0 Å². The summed E-state index contributed by atoms with van der Waals surface area (Å²) in [6, 6.07) is 6.00. The van der Waals surface area contributed by atoms with Crippen LogP contribution in [0.5, 0.6) is 57.5 Å². The molecule has 0 aromatic heterocycles. The van der Waals surface area contributed by atoms with Crippen molar-refractivity contribution in [3.05, 3.63) is 47.0 Å². The Bertz CT molecular complexity index is 1060. The van der Waals surface area contributed by atoms with E-state index in [1.807, 2.05) is 0 Å². The van der Waals surface area contributed by atoms with Crippen LogP contribution in [-0.2, 0) is 0 Å². The van der Waals surface area contributed by atoms with E-state index in [0.29, 0.717) is 11.1 Å². The summed E-state index contributed by atoms with van der Waals surface area (Å²) in [6.07, 6.45) is 0. The zero-order valence-corrected chi connectivity index (χ0v) is 15.9. The first-order valence-corrected chi connectivity index (χ1v) is 8.54. The third kappa shape index (κ3) is 3.73. The van der Waals surface area contributed by atoms with Gasteiger partial charge in [-0.3, -0.25) is 0 Å². The zero-order valence-electron chi connectivity index (χ0n) is 15.9. The minimum absolute atomic E-state index is 0.00120. The highest BCUT2D eigenvalue weighted by Crippen LogP contribution is 2.49. The van der Waals surface area contributed by atoms with Crippen LogP contribution < -0.4 is 9.47 Å². The predicted octanol–water partition coefficient (Wildman–Crippen LogP) is 4.43. The van der Waals surface area contributed by atoms with Gasteiger partial charge in [-0.15, -0.1) is 0 Å². The molecule has 6 N–H and O–H groups in total. The lowest BCUT2D eigenvalue weighted by atomic mass is 10.1. The SMILES string of the molecule is Cc1cc(O)cc(O)c1Oc1cc(O)c(Oc2c(C)cc(O)cc2O)c(C)c1O. The van der Waals surface area contributed by atoms with E-state index in [4.69, 9.17) is 9.47 Å². The fourth-order valence-corrected chi connectivity index (χ4v) is 2.90. The van der Waals surface area contributed by atoms with Crippen LogP contribution in [0.25, 0.3) is 0 Å². The highest BCUT2D eigenvalue weighted by atomic mass is 16.5. The summed E-state index contributed by atoms with van der Waals surface area (Å²) >= 11 is 0. The number of aromatic hydroxyl groups is 6. The van der Waals surface area contributed by atoms with E-state index in [1.54, 1.807) is 13.8 Å². The van der Waals surface area contributed by atoms with Gasteiger partial charge in [-0.2, -0.15) is 0 Å². The lowest BCUT2D eigenvalue weighted by molar-refractivity contribution is 0.356. The first kappa shape index (κ1) is 19.8. The highest BCUT2D eigenvalue weighted by molar-refractivity contribution is 5.63. The van der Waals surface area contributed by atoms with Crippen LogP contribution in [0.1, 0.15) is 16.7 Å². The number of phenols is 6. The number of hydrogen-bond donors (Lipinski definition) is 6. The van der Waals surface area contributed by atoms with Crippen molar-refractivity contribution in [3.63, 3.8) is 0 Å². The van der Waals surface area contributed by atoms with Crippen LogP contribution in [0.15, 0.2) is 30.3 Å². The summed E-state index contributed by atoms with van der Waals surface area (Å²) in [4.78, 5) is 0. The summed E-state index contributed by atoms with van der Waals surface area (Å²) in [7, 11) is 0. The van der Waals surface area contributed by atoms with Gasteiger partial charge < -0.3 is 40.1 Å². The maximum Gasteiger partial charge on any atom is 0.176 e. The van der Waals surface area contributed by atoms with Gasteiger partial charge in [0.25, 0.3) is 0 Å². The number of hydrogen-bond acceptors (Lipinski definition) is 8. The summed E-state index contributed by atoms with van der Waals surface area (Å²) < 4.78 is 11.1. The van der Waals surface area contributed by atoms with Crippen molar-refractivity contribution >= 4 is 0 Å². The Morgan fingerprint density at radius 2 is 1.00 bits per heavy atom. The van der Waals surface area contributed by atoms with Gasteiger partial charge in [-0.05, 0) is 44.0 Å². The van der Waals surface area contributed by atoms with Crippen LogP contribution in [0.4, 0.5) is 0 Å². The van der Waals surface area contributed by atoms with Crippen LogP contribution in [0.2, 0.25) is 0 Å². The monoisotopic (exact) mass is 400 g/mol. The quantitative estimate of drug-likeness (QED) is 0.354. The van der Waals surface area contributed by atoms with Crippen molar-refractivity contribution in [1.82, 2.24) is 0 Å². The number of rotatable bonds is 4. The lowest BCUT2D eigenvalue weighted by Crippen LogP contribution is -1.95. The van der Waals surface area contributed by atoms with Crippen molar-refractivity contribution in [1.29, 1.82) is 0 Å². The molecule has 3 rings (SSSR count). The summed E-state index contributed by atoms with van der Waals surface area (Å²) in [5.41, 5.74) is 0.928. The average molecular weight is 400 g/mol. The van der Waals surface area contributed by atoms with Crippen molar-refractivity contribution in [3.8, 4) is 57.5 Å². The molecule has 0 spiro atoms. The molecule has 0 aliphatic carbocycles. The van der Waals surface area contributed by atoms with E-state index in [9.17, 15) is 30.6 Å². The molecular formula is C21H20O8. The topological polar surface area (TPSA) is 140 Å². The van der Waals surface area contributed by atoms with Crippen LogP contribution in [0, 0.1) is 20.8 Å². The highest BCUT2D eigenvalue weighted by Gasteiger charge is 2.21. The maximum absolute atomic E-state index is 10.5. The predicted molar refractivity (Wildman–Crippen MR) is 104 cm³/mol. The van der Waals surface area contributed by atoms with E-state index in [2.05, 4.69) is 0 Å². The number of ether oxygens (including phenoxy) is 2. The summed E-state index contributed by atoms with van der Waals surface area (Å²) in [5.74, 6) is -2.01. The van der Waals surface area contributed by atoms with Gasteiger partial charge in [0.1, 0.15) is 11.5 Å². The summed E-state index contributed by atoms with van der Waals surface area (Å²) in [6.45, 7) is 4.65. The Kier molecular flexibility index (Phi) is 4.94. The average Bonchev–Trinajstić information content (AvgIpc) is 2.60. The Hall–Kier alpha value is -3.94. The van der Waals surface area contributed by atoms with E-state index < -0.39 is 5.75 Å². The second kappa shape index (κ2) is 7.23. The normalized spacial score (nSPS) is 10.7. The Morgan fingerprint density at radius 3 is 1.48 bits per heavy atom. The minimum atomic E-state index is -0.391. The van der Waals surface area contributed by atoms with Crippen LogP contribution >= 0.6 is 0 Å². The van der Waals surface area contributed by atoms with Gasteiger partial charge in [0.05, 0.1) is 0 Å². The summed E-state index contributed by atoms with van der Waals surface area (Å²) in [5, 5.41) is 60.0. The molecule has 152 valence electrons. The number of benzene rings is 3. The maximum atomic E-state index is 10.5. The van der Waals surface area contributed by atoms with Crippen LogP contribution in [0.3, 0.4) is 0 Å². The van der Waals surface area contributed by atoms with E-state index in [-0.39, 0.29) is 57.3 Å². The van der Waals surface area contributed by atoms with Crippen LogP contribution in [-0.4, -0.2) is 30.6 Å². The molecule has 8 heteroatoms. The largest absolute Gasteiger partial charge is 0.508 e. The molecule has 29 heavy (non-hydrogen) atoms. The standard InChI is InChI=1S/C21H20O8/c1-9-4-12(22)6-14(24)19(9)28-17-8-16(26)21(11(3)18(17)27)29-20-10(2)5-13(23)7-15(20)25/h4-8,22-27H,1-3H3. The van der Waals surface area contributed by atoms with E-state index in [1.165, 1.54) is 19.1 Å². The Labute approximate surface area is 166 Å². The first-order valence-electron chi connectivity index (χ1n) is 8.54. The van der Waals surface area contributed by atoms with Gasteiger partial charge in [0.15, 0.2) is 46.0 Å². The molecule has 0 amide bonds. The minimum Gasteiger partial charge on any atom is -0.508 e. The molecule has 0 aliphatic heterocycles. The molecule has 0 aliphatic rings. The van der Waals surface area contributed by atoms with Gasteiger partial charge >= 0.3 is 0 Å². The molecule has 0 radical (unpaired) electrons. The first-order chi connectivity index (χ1) is 13.6. The van der Waals surface area contributed by atoms with E-state index in [0.717, 1.165) is 18.2 Å². The molecule has 8 nitrogen and oxygen atoms in total. The van der Waals surface area contributed by atoms with Gasteiger partial charge in [0, 0.05) is 23.8 Å². The second-order valence-electron chi connectivity index (χ2n) is 6.62. The van der Waals surface area contributed by atoms with Crippen molar-refractivity contribution in [2.24, 2.45) is 0 Å². The van der Waals surface area contributed by atoms with Gasteiger partial charge in [-0.1, -0.05) is 0 Å². The molecule has 0 saturated carbocycles. The molecule has 0 unspecified atom stereocenters. The lowest BCUT2D eigenvalue weighted by Gasteiger charge is -2.18. The van der Waals surface area contributed by atoms with E-state index >= 15 is 0 Å². The number of aryl methyl sites for hydroxylation is 2. The molecule has 0 bridgehead atoms. The molecule has 0 atom stereocenters. The zero-order chi connectivity index (χ0) is 21.5. The van der Waals surface area contributed by atoms with Crippen molar-refractivity contribution in [2.45, 2.75) is 20.8 Å². The smallest absolute Gasteiger partial charge is 0.176 e. The number of phenolic OH excluding ortho intramolecular Hbond substituents is 6. The molecule has 0 heterocycles. The molecule has 3 aromatic carbocycles. The Morgan fingerprint density at radius 1 is 0.552 bits per heavy atom. The fourth-order valence-electron chi connectivity index (χ4n) is 2.90. The molecular weight excluding hydrogens is 380 g/mol. The third-order valence-electron chi connectivity index (χ3n) is 4.33.